The van der Waals surface area contributed by atoms with E-state index in [4.69, 9.17) is 9.26 Å². The van der Waals surface area contributed by atoms with Crippen LogP contribution in [0.2, 0.25) is 0 Å². The summed E-state index contributed by atoms with van der Waals surface area (Å²) < 4.78 is 10.5. The van der Waals surface area contributed by atoms with Crippen LogP contribution in [0, 0.1) is 5.41 Å². The SMILES string of the molecule is CCCc1cc(C(=O)N(C)CC2(CO)CCOCC2)no1. The van der Waals surface area contributed by atoms with Gasteiger partial charge in [-0.3, -0.25) is 4.79 Å². The number of aryl methyl sites for hydroxylation is 1. The second-order valence-corrected chi connectivity index (χ2v) is 5.86. The van der Waals surface area contributed by atoms with E-state index in [0.717, 1.165) is 31.4 Å². The molecule has 1 aliphatic rings. The second-order valence-electron chi connectivity index (χ2n) is 5.86. The van der Waals surface area contributed by atoms with Crippen LogP contribution in [0.25, 0.3) is 0 Å². The molecular formula is C15H24N2O4. The average molecular weight is 296 g/mol. The van der Waals surface area contributed by atoms with Gasteiger partial charge in [0.25, 0.3) is 5.91 Å². The van der Waals surface area contributed by atoms with Crippen LogP contribution in [-0.4, -0.2) is 54.5 Å². The first-order valence-corrected chi connectivity index (χ1v) is 7.50. The summed E-state index contributed by atoms with van der Waals surface area (Å²) in [6, 6.07) is 1.71. The lowest BCUT2D eigenvalue weighted by Gasteiger charge is -2.38. The molecule has 1 saturated heterocycles. The van der Waals surface area contributed by atoms with E-state index in [9.17, 15) is 9.90 Å². The molecule has 2 rings (SSSR count). The highest BCUT2D eigenvalue weighted by Gasteiger charge is 2.34. The Morgan fingerprint density at radius 2 is 2.19 bits per heavy atom. The summed E-state index contributed by atoms with van der Waals surface area (Å²) >= 11 is 0. The van der Waals surface area contributed by atoms with Gasteiger partial charge in [0.1, 0.15) is 5.76 Å². The quantitative estimate of drug-likeness (QED) is 0.860. The molecule has 6 nitrogen and oxygen atoms in total. The Kier molecular flexibility index (Phi) is 5.36. The summed E-state index contributed by atoms with van der Waals surface area (Å²) in [6.45, 7) is 3.88. The van der Waals surface area contributed by atoms with E-state index in [1.54, 1.807) is 18.0 Å². The van der Waals surface area contributed by atoms with E-state index in [-0.39, 0.29) is 17.9 Å². The molecule has 1 aromatic rings. The molecule has 1 N–H and O–H groups in total. The number of carbonyl (C=O) groups is 1. The van der Waals surface area contributed by atoms with Crippen molar-refractivity contribution >= 4 is 5.91 Å². The molecule has 1 aromatic heterocycles. The van der Waals surface area contributed by atoms with Gasteiger partial charge in [-0.25, -0.2) is 0 Å². The maximum Gasteiger partial charge on any atom is 0.275 e. The molecule has 0 unspecified atom stereocenters. The average Bonchev–Trinajstić information content (AvgIpc) is 2.96. The molecule has 1 aliphatic heterocycles. The number of nitrogens with zero attached hydrogens (tertiary/aromatic N) is 2. The minimum absolute atomic E-state index is 0.0634. The summed E-state index contributed by atoms with van der Waals surface area (Å²) in [5.74, 6) is 0.567. The standard InChI is InChI=1S/C15H24N2O4/c1-3-4-12-9-13(16-21-12)14(19)17(2)10-15(11-18)5-7-20-8-6-15/h9,18H,3-8,10-11H2,1-2H3. The first-order valence-electron chi connectivity index (χ1n) is 7.50. The first-order chi connectivity index (χ1) is 10.1. The molecule has 0 spiro atoms. The van der Waals surface area contributed by atoms with E-state index >= 15 is 0 Å². The smallest absolute Gasteiger partial charge is 0.275 e. The van der Waals surface area contributed by atoms with Gasteiger partial charge < -0.3 is 19.3 Å². The molecule has 0 aliphatic carbocycles. The highest BCUT2D eigenvalue weighted by molar-refractivity contribution is 5.92. The van der Waals surface area contributed by atoms with E-state index in [0.29, 0.717) is 25.5 Å². The molecule has 1 fully saturated rings. The Bertz CT molecular complexity index is 466. The van der Waals surface area contributed by atoms with Crippen LogP contribution in [0.1, 0.15) is 42.4 Å². The number of aromatic nitrogens is 1. The van der Waals surface area contributed by atoms with Crippen molar-refractivity contribution in [2.75, 3.05) is 33.4 Å². The Morgan fingerprint density at radius 1 is 1.48 bits per heavy atom. The number of hydrogen-bond acceptors (Lipinski definition) is 5. The van der Waals surface area contributed by atoms with E-state index in [1.165, 1.54) is 0 Å². The molecule has 2 heterocycles. The second kappa shape index (κ2) is 7.04. The Labute approximate surface area is 125 Å². The highest BCUT2D eigenvalue weighted by atomic mass is 16.5. The summed E-state index contributed by atoms with van der Waals surface area (Å²) in [5, 5.41) is 13.5. The Hall–Kier alpha value is -1.40. The van der Waals surface area contributed by atoms with Crippen molar-refractivity contribution in [3.05, 3.63) is 17.5 Å². The largest absolute Gasteiger partial charge is 0.396 e. The predicted molar refractivity (Wildman–Crippen MR) is 77.0 cm³/mol. The third-order valence-corrected chi connectivity index (χ3v) is 4.08. The minimum Gasteiger partial charge on any atom is -0.396 e. The number of amides is 1. The topological polar surface area (TPSA) is 75.8 Å². The van der Waals surface area contributed by atoms with Crippen molar-refractivity contribution in [1.82, 2.24) is 10.1 Å². The maximum absolute atomic E-state index is 12.4. The van der Waals surface area contributed by atoms with Gasteiger partial charge in [0.05, 0.1) is 6.61 Å². The minimum atomic E-state index is -0.265. The number of hydrogen-bond donors (Lipinski definition) is 1. The molecular weight excluding hydrogens is 272 g/mol. The third-order valence-electron chi connectivity index (χ3n) is 4.08. The van der Waals surface area contributed by atoms with Crippen LogP contribution in [0.5, 0.6) is 0 Å². The number of carbonyl (C=O) groups excluding carboxylic acids is 1. The zero-order chi connectivity index (χ0) is 15.3. The lowest BCUT2D eigenvalue weighted by molar-refractivity contribution is -0.0283. The summed E-state index contributed by atoms with van der Waals surface area (Å²) in [5.41, 5.74) is 0.0691. The first kappa shape index (κ1) is 16.0. The third kappa shape index (κ3) is 3.83. The molecule has 0 radical (unpaired) electrons. The normalized spacial score (nSPS) is 17.7. The van der Waals surface area contributed by atoms with Crippen molar-refractivity contribution in [3.8, 4) is 0 Å². The zero-order valence-electron chi connectivity index (χ0n) is 12.8. The molecule has 1 amide bonds. The summed E-state index contributed by atoms with van der Waals surface area (Å²) in [4.78, 5) is 14.0. The fourth-order valence-electron chi connectivity index (χ4n) is 2.72. The monoisotopic (exact) mass is 296 g/mol. The van der Waals surface area contributed by atoms with Gasteiger partial charge in [-0.2, -0.15) is 0 Å². The van der Waals surface area contributed by atoms with Gasteiger partial charge in [0, 0.05) is 44.7 Å². The van der Waals surface area contributed by atoms with Crippen LogP contribution in [-0.2, 0) is 11.2 Å². The fraction of sp³-hybridized carbons (Fsp3) is 0.733. The molecule has 0 saturated carbocycles. The predicted octanol–water partition coefficient (Wildman–Crippen LogP) is 1.49. The van der Waals surface area contributed by atoms with Crippen molar-refractivity contribution in [2.24, 2.45) is 5.41 Å². The van der Waals surface area contributed by atoms with E-state index in [2.05, 4.69) is 5.16 Å². The fourth-order valence-corrected chi connectivity index (χ4v) is 2.72. The van der Waals surface area contributed by atoms with Crippen molar-refractivity contribution in [1.29, 1.82) is 0 Å². The summed E-state index contributed by atoms with van der Waals surface area (Å²) in [6.07, 6.45) is 3.26. The molecule has 118 valence electrons. The van der Waals surface area contributed by atoms with E-state index in [1.807, 2.05) is 6.92 Å². The van der Waals surface area contributed by atoms with Crippen molar-refractivity contribution in [3.63, 3.8) is 0 Å². The number of aliphatic hydroxyl groups excluding tert-OH is 1. The van der Waals surface area contributed by atoms with Crippen LogP contribution >= 0.6 is 0 Å². The van der Waals surface area contributed by atoms with Gasteiger partial charge in [-0.15, -0.1) is 0 Å². The summed E-state index contributed by atoms with van der Waals surface area (Å²) in [7, 11) is 1.74. The molecule has 0 bridgehead atoms. The van der Waals surface area contributed by atoms with Crippen LogP contribution in [0.3, 0.4) is 0 Å². The number of aliphatic hydroxyl groups is 1. The van der Waals surface area contributed by atoms with Gasteiger partial charge in [-0.1, -0.05) is 12.1 Å². The van der Waals surface area contributed by atoms with E-state index < -0.39 is 0 Å². The van der Waals surface area contributed by atoms with Gasteiger partial charge in [0.2, 0.25) is 0 Å². The number of ether oxygens (including phenoxy) is 1. The lowest BCUT2D eigenvalue weighted by atomic mass is 9.80. The van der Waals surface area contributed by atoms with Crippen molar-refractivity contribution in [2.45, 2.75) is 32.6 Å². The Morgan fingerprint density at radius 3 is 2.81 bits per heavy atom. The zero-order valence-corrected chi connectivity index (χ0v) is 12.8. The van der Waals surface area contributed by atoms with Gasteiger partial charge in [0.15, 0.2) is 5.69 Å². The van der Waals surface area contributed by atoms with Crippen LogP contribution in [0.4, 0.5) is 0 Å². The highest BCUT2D eigenvalue weighted by Crippen LogP contribution is 2.31. The van der Waals surface area contributed by atoms with Crippen LogP contribution < -0.4 is 0 Å². The van der Waals surface area contributed by atoms with Crippen molar-refractivity contribution < 1.29 is 19.2 Å². The number of rotatable bonds is 6. The maximum atomic E-state index is 12.4. The molecule has 21 heavy (non-hydrogen) atoms. The Balaban J connectivity index is 2.00. The van der Waals surface area contributed by atoms with Crippen LogP contribution in [0.15, 0.2) is 10.6 Å². The van der Waals surface area contributed by atoms with Gasteiger partial charge in [-0.05, 0) is 19.3 Å². The molecule has 0 aromatic carbocycles. The molecule has 6 heteroatoms. The lowest BCUT2D eigenvalue weighted by Crippen LogP contribution is -2.44. The van der Waals surface area contributed by atoms with Gasteiger partial charge >= 0.3 is 0 Å². The molecule has 0 atom stereocenters.